The Morgan fingerprint density at radius 1 is 1.26 bits per heavy atom. The first-order valence-corrected chi connectivity index (χ1v) is 6.61. The van der Waals surface area contributed by atoms with Gasteiger partial charge in [-0.1, -0.05) is 25.1 Å². The summed E-state index contributed by atoms with van der Waals surface area (Å²) in [5.74, 6) is 0.0107. The quantitative estimate of drug-likeness (QED) is 0.891. The molecule has 1 aromatic carbocycles. The second kappa shape index (κ2) is 6.29. The van der Waals surface area contributed by atoms with Crippen LogP contribution in [0.1, 0.15) is 23.7 Å². The lowest BCUT2D eigenvalue weighted by atomic mass is 10.1. The number of carbonyl (C=O) groups excluding carboxylic acids is 1. The van der Waals surface area contributed by atoms with Gasteiger partial charge in [-0.2, -0.15) is 0 Å². The summed E-state index contributed by atoms with van der Waals surface area (Å²) in [7, 11) is 0. The molecule has 2 rings (SSSR count). The van der Waals surface area contributed by atoms with Crippen LogP contribution in [-0.4, -0.2) is 35.4 Å². The molecule has 0 saturated heterocycles. The van der Waals surface area contributed by atoms with Crippen LogP contribution in [0.15, 0.2) is 36.5 Å². The Labute approximate surface area is 113 Å². The molecule has 0 atom stereocenters. The van der Waals surface area contributed by atoms with Gasteiger partial charge in [0.25, 0.3) is 5.91 Å². The summed E-state index contributed by atoms with van der Waals surface area (Å²) in [4.78, 5) is 18.7. The number of benzene rings is 1. The molecule has 0 bridgehead atoms. The van der Waals surface area contributed by atoms with Crippen molar-refractivity contribution in [1.82, 2.24) is 9.88 Å². The summed E-state index contributed by atoms with van der Waals surface area (Å²) in [5, 5.41) is 0.984. The van der Waals surface area contributed by atoms with Crippen LogP contribution in [0.2, 0.25) is 0 Å². The number of aromatic nitrogens is 1. The maximum absolute atomic E-state index is 12.6. The van der Waals surface area contributed by atoms with Crippen molar-refractivity contribution in [2.24, 2.45) is 5.73 Å². The molecule has 0 unspecified atom stereocenters. The van der Waals surface area contributed by atoms with Crippen molar-refractivity contribution in [2.45, 2.75) is 13.3 Å². The molecule has 0 spiro atoms. The third-order valence-electron chi connectivity index (χ3n) is 3.04. The maximum Gasteiger partial charge on any atom is 0.256 e. The van der Waals surface area contributed by atoms with Crippen LogP contribution in [0.5, 0.6) is 0 Å². The average Bonchev–Trinajstić information content (AvgIpc) is 2.46. The van der Waals surface area contributed by atoms with Gasteiger partial charge in [0.1, 0.15) is 0 Å². The second-order valence-corrected chi connectivity index (χ2v) is 4.46. The predicted molar refractivity (Wildman–Crippen MR) is 77.0 cm³/mol. The number of hydrogen-bond acceptors (Lipinski definition) is 3. The van der Waals surface area contributed by atoms with E-state index in [1.807, 2.05) is 30.3 Å². The van der Waals surface area contributed by atoms with Crippen molar-refractivity contribution in [2.75, 3.05) is 19.6 Å². The molecule has 2 N–H and O–H groups in total. The van der Waals surface area contributed by atoms with Gasteiger partial charge in [-0.3, -0.25) is 9.78 Å². The molecular formula is C15H19N3O. The van der Waals surface area contributed by atoms with Crippen LogP contribution >= 0.6 is 0 Å². The van der Waals surface area contributed by atoms with E-state index in [-0.39, 0.29) is 5.91 Å². The highest BCUT2D eigenvalue weighted by Crippen LogP contribution is 2.17. The van der Waals surface area contributed by atoms with Gasteiger partial charge in [0.15, 0.2) is 0 Å². The van der Waals surface area contributed by atoms with Gasteiger partial charge in [0.2, 0.25) is 0 Å². The minimum Gasteiger partial charge on any atom is -0.337 e. The Morgan fingerprint density at radius 2 is 2.05 bits per heavy atom. The molecule has 1 heterocycles. The van der Waals surface area contributed by atoms with Crippen LogP contribution < -0.4 is 5.73 Å². The van der Waals surface area contributed by atoms with Crippen molar-refractivity contribution in [3.63, 3.8) is 0 Å². The van der Waals surface area contributed by atoms with Crippen LogP contribution in [0.3, 0.4) is 0 Å². The average molecular weight is 257 g/mol. The second-order valence-electron chi connectivity index (χ2n) is 4.46. The highest BCUT2D eigenvalue weighted by molar-refractivity contribution is 6.05. The fraction of sp³-hybridized carbons (Fsp3) is 0.333. The summed E-state index contributed by atoms with van der Waals surface area (Å²) in [5.41, 5.74) is 6.99. The Hall–Kier alpha value is -1.94. The monoisotopic (exact) mass is 257 g/mol. The van der Waals surface area contributed by atoms with Gasteiger partial charge < -0.3 is 10.6 Å². The first kappa shape index (κ1) is 13.5. The highest BCUT2D eigenvalue weighted by Gasteiger charge is 2.17. The molecule has 100 valence electrons. The zero-order valence-corrected chi connectivity index (χ0v) is 11.2. The Morgan fingerprint density at radius 3 is 2.79 bits per heavy atom. The van der Waals surface area contributed by atoms with Gasteiger partial charge >= 0.3 is 0 Å². The van der Waals surface area contributed by atoms with E-state index in [2.05, 4.69) is 11.9 Å². The summed E-state index contributed by atoms with van der Waals surface area (Å²) in [6.07, 6.45) is 2.64. The number of nitrogens with two attached hydrogens (primary N) is 1. The molecule has 0 aliphatic rings. The summed E-state index contributed by atoms with van der Waals surface area (Å²) < 4.78 is 0. The number of nitrogens with zero attached hydrogens (tertiary/aromatic N) is 2. The summed E-state index contributed by atoms with van der Waals surface area (Å²) >= 11 is 0. The minimum atomic E-state index is 0.0107. The van der Waals surface area contributed by atoms with E-state index in [0.29, 0.717) is 18.7 Å². The number of rotatable bonds is 5. The van der Waals surface area contributed by atoms with Crippen molar-refractivity contribution in [1.29, 1.82) is 0 Å². The SMILES string of the molecule is CCCN(CCN)C(=O)c1cccc2cccnc12. The largest absolute Gasteiger partial charge is 0.337 e. The van der Waals surface area contributed by atoms with E-state index in [9.17, 15) is 4.79 Å². The molecule has 0 fully saturated rings. The van der Waals surface area contributed by atoms with E-state index < -0.39 is 0 Å². The van der Waals surface area contributed by atoms with Crippen molar-refractivity contribution in [3.05, 3.63) is 42.1 Å². The van der Waals surface area contributed by atoms with Gasteiger partial charge in [-0.25, -0.2) is 0 Å². The fourth-order valence-electron chi connectivity index (χ4n) is 2.19. The maximum atomic E-state index is 12.6. The van der Waals surface area contributed by atoms with Gasteiger partial charge in [0.05, 0.1) is 11.1 Å². The number of hydrogen-bond donors (Lipinski definition) is 1. The van der Waals surface area contributed by atoms with Crippen LogP contribution in [-0.2, 0) is 0 Å². The predicted octanol–water partition coefficient (Wildman–Crippen LogP) is 2.05. The van der Waals surface area contributed by atoms with Crippen LogP contribution in [0.4, 0.5) is 0 Å². The normalized spacial score (nSPS) is 10.6. The van der Waals surface area contributed by atoms with Gasteiger partial charge in [0, 0.05) is 31.2 Å². The first-order chi connectivity index (χ1) is 9.27. The Bertz CT molecular complexity index is 557. The molecule has 0 radical (unpaired) electrons. The molecule has 1 amide bonds. The third-order valence-corrected chi connectivity index (χ3v) is 3.04. The number of pyridine rings is 1. The lowest BCUT2D eigenvalue weighted by molar-refractivity contribution is 0.0762. The number of amides is 1. The standard InChI is InChI=1S/C15H19N3O/c1-2-10-18(11-8-16)15(19)13-7-3-5-12-6-4-9-17-14(12)13/h3-7,9H,2,8,10-11,16H2,1H3. The lowest BCUT2D eigenvalue weighted by Gasteiger charge is -2.21. The molecule has 4 nitrogen and oxygen atoms in total. The van der Waals surface area contributed by atoms with E-state index >= 15 is 0 Å². The molecule has 2 aromatic rings. The molecule has 4 heteroatoms. The number of fused-ring (bicyclic) bond motifs is 1. The molecule has 0 aliphatic carbocycles. The minimum absolute atomic E-state index is 0.0107. The lowest BCUT2D eigenvalue weighted by Crippen LogP contribution is -2.36. The van der Waals surface area contributed by atoms with Crippen molar-refractivity contribution < 1.29 is 4.79 Å². The molecule has 0 aliphatic heterocycles. The van der Waals surface area contributed by atoms with Crippen LogP contribution in [0.25, 0.3) is 10.9 Å². The Balaban J connectivity index is 2.39. The summed E-state index contributed by atoms with van der Waals surface area (Å²) in [6.45, 7) is 3.83. The smallest absolute Gasteiger partial charge is 0.256 e. The summed E-state index contributed by atoms with van der Waals surface area (Å²) in [6, 6.07) is 9.53. The van der Waals surface area contributed by atoms with E-state index in [0.717, 1.165) is 23.9 Å². The zero-order chi connectivity index (χ0) is 13.7. The van der Waals surface area contributed by atoms with Crippen LogP contribution in [0, 0.1) is 0 Å². The van der Waals surface area contributed by atoms with Gasteiger partial charge in [-0.05, 0) is 18.6 Å². The van der Waals surface area contributed by atoms with E-state index in [4.69, 9.17) is 5.73 Å². The third kappa shape index (κ3) is 2.90. The van der Waals surface area contributed by atoms with Gasteiger partial charge in [-0.15, -0.1) is 0 Å². The molecule has 19 heavy (non-hydrogen) atoms. The van der Waals surface area contributed by atoms with Crippen molar-refractivity contribution in [3.8, 4) is 0 Å². The molecule has 1 aromatic heterocycles. The Kier molecular flexibility index (Phi) is 4.47. The molecule has 0 saturated carbocycles. The number of para-hydroxylation sites is 1. The van der Waals surface area contributed by atoms with Crippen molar-refractivity contribution >= 4 is 16.8 Å². The molecular weight excluding hydrogens is 238 g/mol. The van der Waals surface area contributed by atoms with E-state index in [1.54, 1.807) is 11.1 Å². The zero-order valence-electron chi connectivity index (χ0n) is 11.2. The van der Waals surface area contributed by atoms with E-state index in [1.165, 1.54) is 0 Å². The fourth-order valence-corrected chi connectivity index (χ4v) is 2.19. The first-order valence-electron chi connectivity index (χ1n) is 6.61. The number of carbonyl (C=O) groups is 1. The topological polar surface area (TPSA) is 59.2 Å². The highest BCUT2D eigenvalue weighted by atomic mass is 16.2.